The summed E-state index contributed by atoms with van der Waals surface area (Å²) in [5.74, 6) is 0.732. The van der Waals surface area contributed by atoms with E-state index in [0.717, 1.165) is 29.8 Å². The number of likely N-dealkylation sites (tertiary alicyclic amines) is 1. The van der Waals surface area contributed by atoms with E-state index in [1.54, 1.807) is 24.3 Å². The number of hydrogen-bond donors (Lipinski definition) is 0. The minimum Gasteiger partial charge on any atom is -0.493 e. The lowest BCUT2D eigenvalue weighted by molar-refractivity contribution is 0.204. The molecule has 0 saturated carbocycles. The summed E-state index contributed by atoms with van der Waals surface area (Å²) in [6.07, 6.45) is 4.84. The zero-order valence-electron chi connectivity index (χ0n) is 20.0. The zero-order valence-corrected chi connectivity index (χ0v) is 21.6. The van der Waals surface area contributed by atoms with Gasteiger partial charge in [-0.2, -0.15) is 4.31 Å². The highest BCUT2D eigenvalue weighted by Gasteiger charge is 2.26. The normalized spacial score (nSPS) is 14.8. The predicted octanol–water partition coefficient (Wildman–Crippen LogP) is 5.99. The number of benzene rings is 3. The zero-order chi connectivity index (χ0) is 24.5. The summed E-state index contributed by atoms with van der Waals surface area (Å²) in [6, 6.07) is 23.7. The maximum Gasteiger partial charge on any atom is 0.243 e. The van der Waals surface area contributed by atoms with Crippen LogP contribution in [0.25, 0.3) is 0 Å². The standard InChI is InChI=1S/C28H33ClN2O3S/c29-26-14-16-27(17-15-26)35(32,33)31(22-24-10-3-1-4-11-24)23-25-12-5-6-13-28(25)34-21-9-20-30-18-7-2-8-19-30/h1,3-6,10-17H,2,7-9,18-23H2. The average molecular weight is 513 g/mol. The molecule has 7 heteroatoms. The number of hydrogen-bond acceptors (Lipinski definition) is 4. The van der Waals surface area contributed by atoms with Crippen molar-refractivity contribution in [2.24, 2.45) is 0 Å². The molecule has 1 fully saturated rings. The molecule has 0 amide bonds. The first-order valence-electron chi connectivity index (χ1n) is 12.2. The Morgan fingerprint density at radius 1 is 0.829 bits per heavy atom. The van der Waals surface area contributed by atoms with Gasteiger partial charge in [0, 0.05) is 30.2 Å². The van der Waals surface area contributed by atoms with Crippen LogP contribution in [-0.2, 0) is 23.1 Å². The quantitative estimate of drug-likeness (QED) is 0.296. The molecule has 0 N–H and O–H groups in total. The first kappa shape index (κ1) is 25.7. The second-order valence-electron chi connectivity index (χ2n) is 8.92. The van der Waals surface area contributed by atoms with Crippen molar-refractivity contribution < 1.29 is 13.2 Å². The van der Waals surface area contributed by atoms with Gasteiger partial charge >= 0.3 is 0 Å². The molecular formula is C28H33ClN2O3S. The minimum atomic E-state index is -3.76. The Bertz CT molecular complexity index is 1160. The lowest BCUT2D eigenvalue weighted by atomic mass is 10.1. The van der Waals surface area contributed by atoms with Gasteiger partial charge in [-0.05, 0) is 68.2 Å². The van der Waals surface area contributed by atoms with Gasteiger partial charge in [0.1, 0.15) is 5.75 Å². The fourth-order valence-corrected chi connectivity index (χ4v) is 5.92. The molecule has 3 aromatic carbocycles. The van der Waals surface area contributed by atoms with Crippen molar-refractivity contribution in [3.63, 3.8) is 0 Å². The van der Waals surface area contributed by atoms with Gasteiger partial charge in [0.2, 0.25) is 10.0 Å². The van der Waals surface area contributed by atoms with Gasteiger partial charge in [-0.1, -0.05) is 66.6 Å². The summed E-state index contributed by atoms with van der Waals surface area (Å²) in [7, 11) is -3.76. The van der Waals surface area contributed by atoms with Crippen molar-refractivity contribution in [2.45, 2.75) is 43.7 Å². The average Bonchev–Trinajstić information content (AvgIpc) is 2.88. The molecule has 0 atom stereocenters. The Morgan fingerprint density at radius 2 is 1.51 bits per heavy atom. The van der Waals surface area contributed by atoms with Crippen molar-refractivity contribution >= 4 is 21.6 Å². The SMILES string of the molecule is O=S(=O)(c1ccc(Cl)cc1)N(Cc1ccccc1)Cc1ccccc1OCCCN1CCCCC1. The number of halogens is 1. The fourth-order valence-electron chi connectivity index (χ4n) is 4.39. The second kappa shape index (κ2) is 12.5. The van der Waals surface area contributed by atoms with Gasteiger partial charge in [0.25, 0.3) is 0 Å². The Hall–Kier alpha value is -2.38. The van der Waals surface area contributed by atoms with Crippen molar-refractivity contribution in [2.75, 3.05) is 26.2 Å². The van der Waals surface area contributed by atoms with Crippen LogP contribution in [0, 0.1) is 0 Å². The molecular weight excluding hydrogens is 480 g/mol. The van der Waals surface area contributed by atoms with Crippen LogP contribution >= 0.6 is 11.6 Å². The highest BCUT2D eigenvalue weighted by Crippen LogP contribution is 2.26. The maximum absolute atomic E-state index is 13.6. The molecule has 0 unspecified atom stereocenters. The number of ether oxygens (including phenoxy) is 1. The molecule has 5 nitrogen and oxygen atoms in total. The van der Waals surface area contributed by atoms with E-state index < -0.39 is 10.0 Å². The third kappa shape index (κ3) is 7.31. The van der Waals surface area contributed by atoms with E-state index in [1.165, 1.54) is 36.7 Å². The molecule has 1 saturated heterocycles. The van der Waals surface area contributed by atoms with Crippen LogP contribution in [0.4, 0.5) is 0 Å². The van der Waals surface area contributed by atoms with Crippen molar-refractivity contribution in [1.82, 2.24) is 9.21 Å². The Kier molecular flexibility index (Phi) is 9.21. The first-order chi connectivity index (χ1) is 17.0. The predicted molar refractivity (Wildman–Crippen MR) is 141 cm³/mol. The van der Waals surface area contributed by atoms with Crippen LogP contribution < -0.4 is 4.74 Å². The summed E-state index contributed by atoms with van der Waals surface area (Å²) in [4.78, 5) is 2.72. The van der Waals surface area contributed by atoms with E-state index in [0.29, 0.717) is 11.6 Å². The summed E-state index contributed by atoms with van der Waals surface area (Å²) in [6.45, 7) is 4.46. The first-order valence-corrected chi connectivity index (χ1v) is 14.1. The van der Waals surface area contributed by atoms with Gasteiger partial charge in [-0.3, -0.25) is 0 Å². The van der Waals surface area contributed by atoms with E-state index in [9.17, 15) is 8.42 Å². The third-order valence-corrected chi connectivity index (χ3v) is 8.36. The highest BCUT2D eigenvalue weighted by atomic mass is 35.5. The van der Waals surface area contributed by atoms with E-state index in [1.807, 2.05) is 54.6 Å². The molecule has 186 valence electrons. The smallest absolute Gasteiger partial charge is 0.243 e. The van der Waals surface area contributed by atoms with E-state index in [4.69, 9.17) is 16.3 Å². The van der Waals surface area contributed by atoms with Crippen LogP contribution in [0.5, 0.6) is 5.75 Å². The Morgan fingerprint density at radius 3 is 2.26 bits per heavy atom. The topological polar surface area (TPSA) is 49.9 Å². The van der Waals surface area contributed by atoms with Crippen molar-refractivity contribution in [3.05, 3.63) is 95.0 Å². The molecule has 1 heterocycles. The highest BCUT2D eigenvalue weighted by molar-refractivity contribution is 7.89. The fraction of sp³-hybridized carbons (Fsp3) is 0.357. The summed E-state index contributed by atoms with van der Waals surface area (Å²) in [5.41, 5.74) is 1.77. The number of rotatable bonds is 11. The molecule has 1 aliphatic rings. The van der Waals surface area contributed by atoms with Crippen LogP contribution in [0.15, 0.2) is 83.8 Å². The number of nitrogens with zero attached hydrogens (tertiary/aromatic N) is 2. The molecule has 0 radical (unpaired) electrons. The molecule has 0 aliphatic carbocycles. The second-order valence-corrected chi connectivity index (χ2v) is 11.3. The lowest BCUT2D eigenvalue weighted by Crippen LogP contribution is -2.31. The number of sulfonamides is 1. The Balaban J connectivity index is 1.50. The van der Waals surface area contributed by atoms with Gasteiger partial charge in [-0.15, -0.1) is 0 Å². The van der Waals surface area contributed by atoms with E-state index in [2.05, 4.69) is 4.90 Å². The van der Waals surface area contributed by atoms with Crippen LogP contribution in [0.2, 0.25) is 5.02 Å². The molecule has 1 aliphatic heterocycles. The molecule has 3 aromatic rings. The van der Waals surface area contributed by atoms with Gasteiger partial charge in [0.05, 0.1) is 11.5 Å². The minimum absolute atomic E-state index is 0.210. The number of piperidine rings is 1. The van der Waals surface area contributed by atoms with E-state index in [-0.39, 0.29) is 18.0 Å². The number of para-hydroxylation sites is 1. The van der Waals surface area contributed by atoms with Crippen LogP contribution in [-0.4, -0.2) is 43.9 Å². The van der Waals surface area contributed by atoms with Gasteiger partial charge in [-0.25, -0.2) is 8.42 Å². The molecule has 0 spiro atoms. The lowest BCUT2D eigenvalue weighted by Gasteiger charge is -2.26. The third-order valence-electron chi connectivity index (χ3n) is 6.30. The molecule has 0 aromatic heterocycles. The molecule has 0 bridgehead atoms. The van der Waals surface area contributed by atoms with E-state index >= 15 is 0 Å². The van der Waals surface area contributed by atoms with Crippen molar-refractivity contribution in [1.29, 1.82) is 0 Å². The maximum atomic E-state index is 13.6. The molecule has 35 heavy (non-hydrogen) atoms. The van der Waals surface area contributed by atoms with Crippen LogP contribution in [0.3, 0.4) is 0 Å². The Labute approximate surface area is 214 Å². The summed E-state index contributed by atoms with van der Waals surface area (Å²) < 4.78 is 34.9. The monoisotopic (exact) mass is 512 g/mol. The van der Waals surface area contributed by atoms with Crippen LogP contribution in [0.1, 0.15) is 36.8 Å². The largest absolute Gasteiger partial charge is 0.493 e. The van der Waals surface area contributed by atoms with Gasteiger partial charge in [0.15, 0.2) is 0 Å². The molecule has 4 rings (SSSR count). The van der Waals surface area contributed by atoms with Crippen molar-refractivity contribution in [3.8, 4) is 5.75 Å². The summed E-state index contributed by atoms with van der Waals surface area (Å²) in [5, 5.41) is 0.502. The summed E-state index contributed by atoms with van der Waals surface area (Å²) >= 11 is 6.00. The van der Waals surface area contributed by atoms with Gasteiger partial charge < -0.3 is 9.64 Å².